The van der Waals surface area contributed by atoms with Crippen LogP contribution >= 0.6 is 11.6 Å². The Labute approximate surface area is 163 Å². The Morgan fingerprint density at radius 3 is 2.52 bits per heavy atom. The minimum Gasteiger partial charge on any atom is -0.338 e. The van der Waals surface area contributed by atoms with Gasteiger partial charge in [-0.25, -0.2) is 14.5 Å². The number of nitrogens with zero attached hydrogens (tertiary/aromatic N) is 4. The van der Waals surface area contributed by atoms with Gasteiger partial charge in [-0.05, 0) is 48.7 Å². The molecule has 0 aliphatic rings. The third-order valence-corrected chi connectivity index (χ3v) is 4.82. The van der Waals surface area contributed by atoms with Crippen molar-refractivity contribution in [2.24, 2.45) is 0 Å². The molecule has 0 bridgehead atoms. The topological polar surface area (TPSA) is 63.1 Å². The van der Waals surface area contributed by atoms with Gasteiger partial charge in [-0.1, -0.05) is 35.9 Å². The van der Waals surface area contributed by atoms with E-state index in [1.165, 1.54) is 6.33 Å². The number of amides is 2. The number of hydrogen-bond donors (Lipinski definition) is 1. The third-order valence-electron chi connectivity index (χ3n) is 4.56. The second kappa shape index (κ2) is 8.68. The fourth-order valence-corrected chi connectivity index (χ4v) is 2.86. The number of benzene rings is 2. The highest BCUT2D eigenvalue weighted by atomic mass is 35.5. The molecule has 0 spiro atoms. The van der Waals surface area contributed by atoms with E-state index in [4.69, 9.17) is 11.6 Å². The maximum atomic E-state index is 12.4. The summed E-state index contributed by atoms with van der Waals surface area (Å²) in [4.78, 5) is 18.1. The minimum absolute atomic E-state index is 0.0506. The van der Waals surface area contributed by atoms with Crippen LogP contribution in [0.15, 0.2) is 61.2 Å². The molecular formula is C20H22ClN5O. The number of rotatable bonds is 6. The van der Waals surface area contributed by atoms with Gasteiger partial charge in [0.25, 0.3) is 0 Å². The molecule has 0 saturated carbocycles. The van der Waals surface area contributed by atoms with Gasteiger partial charge in [0.2, 0.25) is 0 Å². The van der Waals surface area contributed by atoms with Crippen molar-refractivity contribution in [2.75, 3.05) is 13.6 Å². The maximum Gasteiger partial charge on any atom is 0.317 e. The molecule has 140 valence electrons. The zero-order valence-electron chi connectivity index (χ0n) is 15.3. The van der Waals surface area contributed by atoms with E-state index in [-0.39, 0.29) is 12.1 Å². The third kappa shape index (κ3) is 4.86. The van der Waals surface area contributed by atoms with Crippen molar-refractivity contribution >= 4 is 17.6 Å². The van der Waals surface area contributed by atoms with Crippen LogP contribution in [0.3, 0.4) is 0 Å². The summed E-state index contributed by atoms with van der Waals surface area (Å²) in [6.07, 6.45) is 3.91. The molecule has 0 fully saturated rings. The van der Waals surface area contributed by atoms with Crippen LogP contribution in [0.2, 0.25) is 5.02 Å². The van der Waals surface area contributed by atoms with Crippen LogP contribution in [-0.2, 0) is 6.42 Å². The van der Waals surface area contributed by atoms with Crippen LogP contribution in [0.25, 0.3) is 5.69 Å². The monoisotopic (exact) mass is 383 g/mol. The Hall–Kier alpha value is -2.86. The summed E-state index contributed by atoms with van der Waals surface area (Å²) in [6, 6.07) is 15.4. The Balaban J connectivity index is 1.53. The molecule has 0 radical (unpaired) electrons. The summed E-state index contributed by atoms with van der Waals surface area (Å²) in [5.41, 5.74) is 3.12. The molecule has 0 saturated heterocycles. The fraction of sp³-hybridized carbons (Fsp3) is 0.250. The summed E-state index contributed by atoms with van der Waals surface area (Å²) < 4.78 is 1.70. The lowest BCUT2D eigenvalue weighted by Crippen LogP contribution is -2.39. The highest BCUT2D eigenvalue weighted by molar-refractivity contribution is 6.30. The summed E-state index contributed by atoms with van der Waals surface area (Å²) in [6.45, 7) is 2.58. The largest absolute Gasteiger partial charge is 0.338 e. The highest BCUT2D eigenvalue weighted by Gasteiger charge is 2.17. The highest BCUT2D eigenvalue weighted by Crippen LogP contribution is 2.20. The van der Waals surface area contributed by atoms with Gasteiger partial charge in [-0.3, -0.25) is 0 Å². The zero-order chi connectivity index (χ0) is 19.2. The van der Waals surface area contributed by atoms with Crippen LogP contribution in [-0.4, -0.2) is 39.3 Å². The van der Waals surface area contributed by atoms with Crippen LogP contribution < -0.4 is 5.32 Å². The first kappa shape index (κ1) is 18.9. The average molecular weight is 384 g/mol. The van der Waals surface area contributed by atoms with Gasteiger partial charge < -0.3 is 10.2 Å². The Kier molecular flexibility index (Phi) is 6.08. The molecule has 6 nitrogen and oxygen atoms in total. The summed E-state index contributed by atoms with van der Waals surface area (Å²) in [7, 11) is 1.80. The molecule has 27 heavy (non-hydrogen) atoms. The Morgan fingerprint density at radius 1 is 1.19 bits per heavy atom. The average Bonchev–Trinajstić information content (AvgIpc) is 3.23. The number of aromatic nitrogens is 3. The lowest BCUT2D eigenvalue weighted by atomic mass is 10.1. The molecule has 1 atom stereocenters. The number of urea groups is 1. The molecule has 0 aliphatic heterocycles. The standard InChI is InChI=1S/C20H22ClN5O/c1-15(17-5-9-19(10-6-17)26-14-22-13-24-26)25(2)20(27)23-12-11-16-3-7-18(21)8-4-16/h3-10,13-15H,11-12H2,1-2H3,(H,23,27). The van der Waals surface area contributed by atoms with E-state index in [1.54, 1.807) is 23.0 Å². The molecule has 1 N–H and O–H groups in total. The number of carbonyl (C=O) groups is 1. The molecular weight excluding hydrogens is 362 g/mol. The predicted octanol–water partition coefficient (Wildman–Crippen LogP) is 3.87. The summed E-state index contributed by atoms with van der Waals surface area (Å²) in [5, 5.41) is 7.79. The van der Waals surface area contributed by atoms with Gasteiger partial charge in [-0.15, -0.1) is 0 Å². The Bertz CT molecular complexity index is 862. The summed E-state index contributed by atoms with van der Waals surface area (Å²) in [5.74, 6) is 0. The lowest BCUT2D eigenvalue weighted by molar-refractivity contribution is 0.194. The van der Waals surface area contributed by atoms with E-state index in [2.05, 4.69) is 15.4 Å². The number of carbonyl (C=O) groups excluding carboxylic acids is 1. The van der Waals surface area contributed by atoms with Gasteiger partial charge >= 0.3 is 6.03 Å². The van der Waals surface area contributed by atoms with Crippen molar-refractivity contribution in [2.45, 2.75) is 19.4 Å². The number of halogens is 1. The van der Waals surface area contributed by atoms with Gasteiger partial charge in [0, 0.05) is 18.6 Å². The molecule has 1 aromatic heterocycles. The number of hydrogen-bond acceptors (Lipinski definition) is 3. The first-order chi connectivity index (χ1) is 13.0. The zero-order valence-corrected chi connectivity index (χ0v) is 16.1. The number of nitrogens with one attached hydrogen (secondary N) is 1. The molecule has 3 aromatic rings. The lowest BCUT2D eigenvalue weighted by Gasteiger charge is -2.25. The molecule has 1 unspecified atom stereocenters. The minimum atomic E-state index is -0.100. The van der Waals surface area contributed by atoms with E-state index in [0.29, 0.717) is 11.6 Å². The molecule has 2 amide bonds. The maximum absolute atomic E-state index is 12.4. The van der Waals surface area contributed by atoms with Crippen molar-refractivity contribution in [1.29, 1.82) is 0 Å². The second-order valence-electron chi connectivity index (χ2n) is 6.33. The van der Waals surface area contributed by atoms with Crippen molar-refractivity contribution < 1.29 is 4.79 Å². The van der Waals surface area contributed by atoms with Crippen molar-refractivity contribution in [3.8, 4) is 5.69 Å². The van der Waals surface area contributed by atoms with E-state index in [0.717, 1.165) is 23.2 Å². The summed E-state index contributed by atoms with van der Waals surface area (Å²) >= 11 is 5.89. The smallest absolute Gasteiger partial charge is 0.317 e. The van der Waals surface area contributed by atoms with E-state index < -0.39 is 0 Å². The van der Waals surface area contributed by atoms with Crippen LogP contribution in [0, 0.1) is 0 Å². The first-order valence-electron chi connectivity index (χ1n) is 8.74. The predicted molar refractivity (Wildman–Crippen MR) is 106 cm³/mol. The molecule has 0 aliphatic carbocycles. The SMILES string of the molecule is CC(c1ccc(-n2cncn2)cc1)N(C)C(=O)NCCc1ccc(Cl)cc1. The molecule has 7 heteroatoms. The van der Waals surface area contributed by atoms with Gasteiger partial charge in [0.1, 0.15) is 12.7 Å². The molecule has 2 aromatic carbocycles. The van der Waals surface area contributed by atoms with Crippen molar-refractivity contribution in [1.82, 2.24) is 25.0 Å². The molecule has 1 heterocycles. The normalized spacial score (nSPS) is 11.8. The Morgan fingerprint density at radius 2 is 1.89 bits per heavy atom. The van der Waals surface area contributed by atoms with Gasteiger partial charge in [0.05, 0.1) is 11.7 Å². The quantitative estimate of drug-likeness (QED) is 0.702. The van der Waals surface area contributed by atoms with Crippen molar-refractivity contribution in [3.63, 3.8) is 0 Å². The van der Waals surface area contributed by atoms with Crippen molar-refractivity contribution in [3.05, 3.63) is 77.3 Å². The van der Waals surface area contributed by atoms with Crippen LogP contribution in [0.4, 0.5) is 4.79 Å². The van der Waals surface area contributed by atoms with E-state index >= 15 is 0 Å². The van der Waals surface area contributed by atoms with Crippen LogP contribution in [0.5, 0.6) is 0 Å². The van der Waals surface area contributed by atoms with Gasteiger partial charge in [-0.2, -0.15) is 5.10 Å². The fourth-order valence-electron chi connectivity index (χ4n) is 2.74. The first-order valence-corrected chi connectivity index (χ1v) is 9.12. The molecule has 3 rings (SSSR count). The second-order valence-corrected chi connectivity index (χ2v) is 6.76. The van der Waals surface area contributed by atoms with Gasteiger partial charge in [0.15, 0.2) is 0 Å². The van der Waals surface area contributed by atoms with E-state index in [9.17, 15) is 4.79 Å². The van der Waals surface area contributed by atoms with E-state index in [1.807, 2.05) is 55.5 Å². The van der Waals surface area contributed by atoms with Crippen LogP contribution in [0.1, 0.15) is 24.1 Å².